The molecule has 3 N–H and O–H groups in total. The highest BCUT2D eigenvalue weighted by Crippen LogP contribution is 2.41. The van der Waals surface area contributed by atoms with E-state index in [9.17, 15) is 19.2 Å². The van der Waals surface area contributed by atoms with Gasteiger partial charge in [-0.15, -0.1) is 0 Å². The molecule has 32 heavy (non-hydrogen) atoms. The quantitative estimate of drug-likeness (QED) is 0.677. The van der Waals surface area contributed by atoms with Crippen LogP contribution in [-0.4, -0.2) is 58.5 Å². The van der Waals surface area contributed by atoms with Gasteiger partial charge in [0.15, 0.2) is 0 Å². The van der Waals surface area contributed by atoms with E-state index in [4.69, 9.17) is 10.5 Å². The predicted molar refractivity (Wildman–Crippen MR) is 116 cm³/mol. The Morgan fingerprint density at radius 3 is 2.44 bits per heavy atom. The molecular formula is C23H25N4O5. The number of amides is 3. The predicted octanol–water partition coefficient (Wildman–Crippen LogP) is 0.405. The van der Waals surface area contributed by atoms with Gasteiger partial charge in [-0.1, -0.05) is 6.07 Å². The van der Waals surface area contributed by atoms with Crippen molar-refractivity contribution in [3.8, 4) is 5.69 Å². The first-order chi connectivity index (χ1) is 15.4. The third-order valence-corrected chi connectivity index (χ3v) is 6.03. The summed E-state index contributed by atoms with van der Waals surface area (Å²) in [7, 11) is 1.48. The Labute approximate surface area is 185 Å². The zero-order chi connectivity index (χ0) is 22.9. The summed E-state index contributed by atoms with van der Waals surface area (Å²) in [5, 5.41) is 2.81. The average Bonchev–Trinajstić information content (AvgIpc) is 3.60. The number of likely N-dealkylation sites (tertiary alicyclic amines) is 1. The summed E-state index contributed by atoms with van der Waals surface area (Å²) in [6.07, 6.45) is 5.14. The Bertz CT molecular complexity index is 1090. The summed E-state index contributed by atoms with van der Waals surface area (Å²) in [6.45, 7) is 0.338. The van der Waals surface area contributed by atoms with Crippen LogP contribution in [0.1, 0.15) is 29.6 Å². The highest BCUT2D eigenvalue weighted by atomic mass is 16.5. The van der Waals surface area contributed by atoms with Gasteiger partial charge < -0.3 is 20.7 Å². The van der Waals surface area contributed by atoms with Crippen molar-refractivity contribution in [2.24, 2.45) is 5.73 Å². The fraction of sp³-hybridized carbons (Fsp3) is 0.348. The number of ether oxygens (including phenoxy) is 1. The van der Waals surface area contributed by atoms with E-state index in [1.807, 2.05) is 0 Å². The SMILES string of the molecule is COC1(C(=O)N2CC[CH]C(NC(=O)c3ccc(-n4ccccc4=O)cc3)C2C(N)=O)CC1. The maximum atomic E-state index is 13.0. The lowest BCUT2D eigenvalue weighted by atomic mass is 9.94. The van der Waals surface area contributed by atoms with Crippen molar-refractivity contribution >= 4 is 17.7 Å². The molecule has 2 heterocycles. The minimum absolute atomic E-state index is 0.181. The molecule has 0 bridgehead atoms. The number of carbonyl (C=O) groups is 3. The van der Waals surface area contributed by atoms with E-state index in [1.165, 1.54) is 22.6 Å². The number of pyridine rings is 1. The average molecular weight is 437 g/mol. The normalized spacial score (nSPS) is 21.6. The first-order valence-corrected chi connectivity index (χ1v) is 10.4. The van der Waals surface area contributed by atoms with Gasteiger partial charge in [-0.2, -0.15) is 0 Å². The summed E-state index contributed by atoms with van der Waals surface area (Å²) < 4.78 is 6.83. The standard InChI is InChI=1S/C23H25N4O5/c1-32-23(11-12-23)22(31)27-14-4-5-17(19(27)20(24)29)25-21(30)15-7-9-16(10-8-15)26-13-3-2-6-18(26)28/h2-3,5-10,13,17,19H,4,11-12,14H2,1H3,(H2,24,29)(H,25,30). The number of rotatable bonds is 6. The van der Waals surface area contributed by atoms with E-state index in [-0.39, 0.29) is 11.5 Å². The second-order valence-electron chi connectivity index (χ2n) is 8.02. The number of hydrogen-bond acceptors (Lipinski definition) is 5. The number of piperidine rings is 1. The minimum atomic E-state index is -0.991. The van der Waals surface area contributed by atoms with Crippen molar-refractivity contribution < 1.29 is 19.1 Å². The van der Waals surface area contributed by atoms with Gasteiger partial charge in [-0.25, -0.2) is 0 Å². The Morgan fingerprint density at radius 1 is 1.12 bits per heavy atom. The highest BCUT2D eigenvalue weighted by molar-refractivity contribution is 5.97. The highest BCUT2D eigenvalue weighted by Gasteiger charge is 2.55. The van der Waals surface area contributed by atoms with Crippen molar-refractivity contribution in [1.82, 2.24) is 14.8 Å². The van der Waals surface area contributed by atoms with Gasteiger partial charge in [0.1, 0.15) is 11.6 Å². The summed E-state index contributed by atoms with van der Waals surface area (Å²) in [5.41, 5.74) is 5.54. The van der Waals surface area contributed by atoms with Crippen LogP contribution in [0.15, 0.2) is 53.5 Å². The van der Waals surface area contributed by atoms with Gasteiger partial charge in [0.05, 0.1) is 6.04 Å². The van der Waals surface area contributed by atoms with Crippen LogP contribution in [0.3, 0.4) is 0 Å². The zero-order valence-corrected chi connectivity index (χ0v) is 17.7. The van der Waals surface area contributed by atoms with Crippen LogP contribution in [0.2, 0.25) is 0 Å². The maximum Gasteiger partial charge on any atom is 0.255 e. The van der Waals surface area contributed by atoms with E-state index in [2.05, 4.69) is 5.32 Å². The molecule has 2 aliphatic rings. The molecule has 1 saturated heterocycles. The smallest absolute Gasteiger partial charge is 0.255 e. The number of nitrogens with two attached hydrogens (primary N) is 1. The molecule has 0 spiro atoms. The van der Waals surface area contributed by atoms with Crippen molar-refractivity contribution in [1.29, 1.82) is 0 Å². The van der Waals surface area contributed by atoms with Crippen LogP contribution in [0.4, 0.5) is 0 Å². The number of nitrogens with one attached hydrogen (secondary N) is 1. The molecule has 2 atom stereocenters. The number of hydrogen-bond donors (Lipinski definition) is 2. The molecule has 9 nitrogen and oxygen atoms in total. The molecule has 2 aromatic rings. The lowest BCUT2D eigenvalue weighted by molar-refractivity contribution is -0.152. The van der Waals surface area contributed by atoms with Gasteiger partial charge in [-0.05, 0) is 56.0 Å². The Morgan fingerprint density at radius 2 is 1.84 bits per heavy atom. The van der Waals surface area contributed by atoms with Crippen LogP contribution in [0.25, 0.3) is 5.69 Å². The second kappa shape index (κ2) is 8.58. The number of benzene rings is 1. The van der Waals surface area contributed by atoms with Gasteiger partial charge in [0, 0.05) is 37.2 Å². The summed E-state index contributed by atoms with van der Waals surface area (Å²) in [4.78, 5) is 51.5. The topological polar surface area (TPSA) is 124 Å². The van der Waals surface area contributed by atoms with E-state index in [0.29, 0.717) is 37.1 Å². The summed E-state index contributed by atoms with van der Waals surface area (Å²) in [5.74, 6) is -1.37. The van der Waals surface area contributed by atoms with Crippen molar-refractivity contribution in [3.63, 3.8) is 0 Å². The lowest BCUT2D eigenvalue weighted by Gasteiger charge is -2.40. The fourth-order valence-electron chi connectivity index (χ4n) is 4.08. The molecule has 1 saturated carbocycles. The number of aromatic nitrogens is 1. The molecule has 167 valence electrons. The summed E-state index contributed by atoms with van der Waals surface area (Å²) in [6, 6.07) is 9.66. The molecule has 1 aliphatic carbocycles. The molecule has 9 heteroatoms. The number of primary amides is 1. The van der Waals surface area contributed by atoms with Crippen molar-refractivity contribution in [3.05, 3.63) is 71.0 Å². The van der Waals surface area contributed by atoms with Crippen LogP contribution < -0.4 is 16.6 Å². The molecule has 1 aromatic heterocycles. The van der Waals surface area contributed by atoms with Crippen LogP contribution in [-0.2, 0) is 14.3 Å². The molecule has 1 aromatic carbocycles. The third kappa shape index (κ3) is 4.03. The molecule has 4 rings (SSSR count). The Kier molecular flexibility index (Phi) is 5.84. The first-order valence-electron chi connectivity index (χ1n) is 10.4. The van der Waals surface area contributed by atoms with Crippen LogP contribution >= 0.6 is 0 Å². The largest absolute Gasteiger partial charge is 0.368 e. The van der Waals surface area contributed by atoms with E-state index in [0.717, 1.165) is 0 Å². The van der Waals surface area contributed by atoms with E-state index in [1.54, 1.807) is 49.0 Å². The lowest BCUT2D eigenvalue weighted by Crippen LogP contribution is -2.64. The molecule has 3 amide bonds. The number of nitrogens with zero attached hydrogens (tertiary/aromatic N) is 2. The Balaban J connectivity index is 1.50. The van der Waals surface area contributed by atoms with Crippen molar-refractivity contribution in [2.75, 3.05) is 13.7 Å². The van der Waals surface area contributed by atoms with Gasteiger partial charge in [-0.3, -0.25) is 23.7 Å². The molecule has 2 fully saturated rings. The molecule has 1 radical (unpaired) electrons. The van der Waals surface area contributed by atoms with Crippen LogP contribution in [0, 0.1) is 6.42 Å². The molecular weight excluding hydrogens is 412 g/mol. The van der Waals surface area contributed by atoms with Gasteiger partial charge >= 0.3 is 0 Å². The zero-order valence-electron chi connectivity index (χ0n) is 17.7. The summed E-state index contributed by atoms with van der Waals surface area (Å²) >= 11 is 0. The third-order valence-electron chi connectivity index (χ3n) is 6.03. The molecule has 1 aliphatic heterocycles. The van der Waals surface area contributed by atoms with Gasteiger partial charge in [0.2, 0.25) is 5.91 Å². The van der Waals surface area contributed by atoms with E-state index < -0.39 is 29.5 Å². The van der Waals surface area contributed by atoms with Gasteiger partial charge in [0.25, 0.3) is 17.4 Å². The minimum Gasteiger partial charge on any atom is -0.368 e. The fourth-order valence-corrected chi connectivity index (χ4v) is 4.08. The van der Waals surface area contributed by atoms with Crippen LogP contribution in [0.5, 0.6) is 0 Å². The number of methoxy groups -OCH3 is 1. The van der Waals surface area contributed by atoms with Crippen molar-refractivity contribution in [2.45, 2.75) is 36.9 Å². The number of carbonyl (C=O) groups excluding carboxylic acids is 3. The van der Waals surface area contributed by atoms with E-state index >= 15 is 0 Å². The second-order valence-corrected chi connectivity index (χ2v) is 8.02. The maximum absolute atomic E-state index is 13.0. The monoisotopic (exact) mass is 437 g/mol. The molecule has 2 unspecified atom stereocenters. The first kappa shape index (κ1) is 21.8. The Hall–Kier alpha value is -3.46.